The summed E-state index contributed by atoms with van der Waals surface area (Å²) in [4.78, 5) is 0. The highest BCUT2D eigenvalue weighted by molar-refractivity contribution is 4.50. The van der Waals surface area contributed by atoms with Crippen LogP contribution in [0.25, 0.3) is 0 Å². The number of hydrogen-bond donors (Lipinski definition) is 0. The number of rotatable bonds is 7. The molecule has 0 atom stereocenters. The lowest BCUT2D eigenvalue weighted by molar-refractivity contribution is 0.190. The summed E-state index contributed by atoms with van der Waals surface area (Å²) in [7, 11) is 0. The summed E-state index contributed by atoms with van der Waals surface area (Å²) >= 11 is 0. The summed E-state index contributed by atoms with van der Waals surface area (Å²) in [5.41, 5.74) is 0. The molecule has 0 spiro atoms. The molecule has 0 aromatic carbocycles. The van der Waals surface area contributed by atoms with Crippen LogP contribution in [0.2, 0.25) is 0 Å². The summed E-state index contributed by atoms with van der Waals surface area (Å²) in [5, 5.41) is 0. The maximum Gasteiger partial charge on any atom is 0.0836 e. The second kappa shape index (κ2) is 8.96. The first-order valence-corrected chi connectivity index (χ1v) is 4.35. The van der Waals surface area contributed by atoms with Gasteiger partial charge in [-0.3, -0.25) is 0 Å². The van der Waals surface area contributed by atoms with E-state index in [2.05, 4.69) is 13.8 Å². The van der Waals surface area contributed by atoms with Crippen molar-refractivity contribution in [3.63, 3.8) is 0 Å². The van der Waals surface area contributed by atoms with Crippen molar-refractivity contribution in [3.8, 4) is 0 Å². The van der Waals surface area contributed by atoms with E-state index in [1.807, 2.05) is 6.61 Å². The molecule has 0 aliphatic carbocycles. The highest BCUT2D eigenvalue weighted by Crippen LogP contribution is 2.01. The van der Waals surface area contributed by atoms with Crippen molar-refractivity contribution < 1.29 is 4.74 Å². The van der Waals surface area contributed by atoms with E-state index >= 15 is 0 Å². The van der Waals surface area contributed by atoms with Crippen LogP contribution in [0, 0.1) is 6.61 Å². The second-order valence-corrected chi connectivity index (χ2v) is 2.53. The molecule has 10 heavy (non-hydrogen) atoms. The third-order valence-electron chi connectivity index (χ3n) is 1.37. The maximum absolute atomic E-state index is 5.20. The Morgan fingerprint density at radius 3 is 2.50 bits per heavy atom. The lowest BCUT2D eigenvalue weighted by atomic mass is 10.2. The molecular weight excluding hydrogens is 124 g/mol. The molecule has 1 nitrogen and oxygen atoms in total. The van der Waals surface area contributed by atoms with Gasteiger partial charge >= 0.3 is 0 Å². The Hall–Kier alpha value is -0.0400. The molecule has 1 radical (unpaired) electrons. The van der Waals surface area contributed by atoms with Crippen LogP contribution in [0.15, 0.2) is 0 Å². The molecule has 0 heterocycles. The zero-order valence-electron chi connectivity index (χ0n) is 7.23. The van der Waals surface area contributed by atoms with Crippen LogP contribution in [0.5, 0.6) is 0 Å². The summed E-state index contributed by atoms with van der Waals surface area (Å²) in [6.45, 7) is 7.16. The van der Waals surface area contributed by atoms with Crippen molar-refractivity contribution >= 4 is 0 Å². The molecule has 0 amide bonds. The maximum atomic E-state index is 5.20. The Morgan fingerprint density at radius 2 is 1.90 bits per heavy atom. The number of ether oxygens (including phenoxy) is 1. The van der Waals surface area contributed by atoms with Gasteiger partial charge in [0.2, 0.25) is 0 Å². The predicted molar refractivity (Wildman–Crippen MR) is 44.7 cm³/mol. The van der Waals surface area contributed by atoms with Crippen LogP contribution >= 0.6 is 0 Å². The molecule has 0 saturated heterocycles. The van der Waals surface area contributed by atoms with Gasteiger partial charge < -0.3 is 4.74 Å². The minimum atomic E-state index is 0.881. The first kappa shape index (κ1) is 9.96. The van der Waals surface area contributed by atoms with Crippen molar-refractivity contribution in [1.29, 1.82) is 0 Å². The van der Waals surface area contributed by atoms with Gasteiger partial charge in [0.15, 0.2) is 0 Å². The quantitative estimate of drug-likeness (QED) is 0.497. The molecule has 0 aliphatic heterocycles. The van der Waals surface area contributed by atoms with E-state index in [4.69, 9.17) is 4.74 Å². The van der Waals surface area contributed by atoms with Gasteiger partial charge in [-0.1, -0.05) is 33.1 Å². The van der Waals surface area contributed by atoms with Crippen LogP contribution in [-0.4, -0.2) is 6.61 Å². The molecule has 0 aromatic rings. The fraction of sp³-hybridized carbons (Fsp3) is 0.889. The molecule has 0 saturated carbocycles. The lowest BCUT2D eigenvalue weighted by Gasteiger charge is -1.99. The highest BCUT2D eigenvalue weighted by Gasteiger charge is 1.87. The van der Waals surface area contributed by atoms with Gasteiger partial charge in [-0.2, -0.15) is 0 Å². The minimum absolute atomic E-state index is 0.881. The largest absolute Gasteiger partial charge is 0.376 e. The standard InChI is InChI=1S/C9H19O/c1-3-5-6-7-9-10-8-4-2/h9H,3-8H2,1-2H3. The summed E-state index contributed by atoms with van der Waals surface area (Å²) in [5.74, 6) is 0. The summed E-state index contributed by atoms with van der Waals surface area (Å²) in [6.07, 6.45) is 6.13. The van der Waals surface area contributed by atoms with Crippen LogP contribution in [0.1, 0.15) is 46.0 Å². The van der Waals surface area contributed by atoms with Crippen molar-refractivity contribution in [1.82, 2.24) is 0 Å². The minimum Gasteiger partial charge on any atom is -0.376 e. The SMILES string of the molecule is CCCCC[CH]OCCC. The van der Waals surface area contributed by atoms with Crippen molar-refractivity contribution in [3.05, 3.63) is 6.61 Å². The molecular formula is C9H19O. The van der Waals surface area contributed by atoms with E-state index in [9.17, 15) is 0 Å². The summed E-state index contributed by atoms with van der Waals surface area (Å²) < 4.78 is 5.20. The van der Waals surface area contributed by atoms with Gasteiger partial charge in [0.1, 0.15) is 0 Å². The zero-order chi connectivity index (χ0) is 7.66. The van der Waals surface area contributed by atoms with E-state index in [0.717, 1.165) is 19.4 Å². The van der Waals surface area contributed by atoms with E-state index in [1.165, 1.54) is 19.3 Å². The predicted octanol–water partition coefficient (Wildman–Crippen LogP) is 3.16. The topological polar surface area (TPSA) is 9.23 Å². The molecule has 0 aromatic heterocycles. The Bertz CT molecular complexity index is 44.7. The van der Waals surface area contributed by atoms with Crippen LogP contribution in [0.3, 0.4) is 0 Å². The average Bonchev–Trinajstić information content (AvgIpc) is 1.97. The Kier molecular flexibility index (Phi) is 8.92. The summed E-state index contributed by atoms with van der Waals surface area (Å²) in [6, 6.07) is 0. The molecule has 0 rings (SSSR count). The van der Waals surface area contributed by atoms with Gasteiger partial charge in [0.25, 0.3) is 0 Å². The highest BCUT2D eigenvalue weighted by atomic mass is 16.5. The molecule has 0 N–H and O–H groups in total. The van der Waals surface area contributed by atoms with Crippen molar-refractivity contribution in [2.24, 2.45) is 0 Å². The number of unbranched alkanes of at least 4 members (excludes halogenated alkanes) is 3. The van der Waals surface area contributed by atoms with Gasteiger partial charge in [-0.05, 0) is 12.8 Å². The first-order valence-electron chi connectivity index (χ1n) is 4.35. The van der Waals surface area contributed by atoms with Gasteiger partial charge in [-0.25, -0.2) is 0 Å². The van der Waals surface area contributed by atoms with Crippen LogP contribution in [0.4, 0.5) is 0 Å². The van der Waals surface area contributed by atoms with Crippen LogP contribution in [-0.2, 0) is 4.74 Å². The number of hydrogen-bond acceptors (Lipinski definition) is 1. The zero-order valence-corrected chi connectivity index (χ0v) is 7.23. The molecule has 0 aliphatic rings. The molecule has 1 heteroatoms. The molecule has 0 unspecified atom stereocenters. The van der Waals surface area contributed by atoms with Crippen molar-refractivity contribution in [2.75, 3.05) is 6.61 Å². The van der Waals surface area contributed by atoms with E-state index < -0.39 is 0 Å². The fourth-order valence-electron chi connectivity index (χ4n) is 0.762. The second-order valence-electron chi connectivity index (χ2n) is 2.53. The van der Waals surface area contributed by atoms with Gasteiger partial charge in [0, 0.05) is 6.61 Å². The Morgan fingerprint density at radius 1 is 1.10 bits per heavy atom. The Balaban J connectivity index is 2.65. The molecule has 0 fully saturated rings. The first-order chi connectivity index (χ1) is 4.91. The smallest absolute Gasteiger partial charge is 0.0836 e. The average molecular weight is 143 g/mol. The third kappa shape index (κ3) is 7.96. The molecule has 0 bridgehead atoms. The van der Waals surface area contributed by atoms with Gasteiger partial charge in [-0.15, -0.1) is 0 Å². The normalized spacial score (nSPS) is 10.2. The monoisotopic (exact) mass is 143 g/mol. The third-order valence-corrected chi connectivity index (χ3v) is 1.37. The van der Waals surface area contributed by atoms with E-state index in [1.54, 1.807) is 0 Å². The Labute approximate surface area is 64.8 Å². The van der Waals surface area contributed by atoms with E-state index in [-0.39, 0.29) is 0 Å². The van der Waals surface area contributed by atoms with Gasteiger partial charge in [0.05, 0.1) is 6.61 Å². The van der Waals surface area contributed by atoms with Crippen molar-refractivity contribution in [2.45, 2.75) is 46.0 Å². The lowest BCUT2D eigenvalue weighted by Crippen LogP contribution is -1.89. The van der Waals surface area contributed by atoms with Crippen LogP contribution < -0.4 is 0 Å². The fourth-order valence-corrected chi connectivity index (χ4v) is 0.762. The molecule has 61 valence electrons. The van der Waals surface area contributed by atoms with E-state index in [0.29, 0.717) is 0 Å².